The van der Waals surface area contributed by atoms with Crippen LogP contribution in [0.5, 0.6) is 0 Å². The summed E-state index contributed by atoms with van der Waals surface area (Å²) in [7, 11) is 0. The Balaban J connectivity index is 2.01. The molecule has 1 atom stereocenters. The summed E-state index contributed by atoms with van der Waals surface area (Å²) >= 11 is 1.66. The monoisotopic (exact) mass is 245 g/mol. The summed E-state index contributed by atoms with van der Waals surface area (Å²) in [4.78, 5) is 13.6. The van der Waals surface area contributed by atoms with E-state index in [1.165, 1.54) is 15.3 Å². The van der Waals surface area contributed by atoms with Gasteiger partial charge in [0.05, 0.1) is 0 Å². The van der Waals surface area contributed by atoms with Gasteiger partial charge in [0.1, 0.15) is 0 Å². The van der Waals surface area contributed by atoms with Gasteiger partial charge in [0.2, 0.25) is 0 Å². The maximum absolute atomic E-state index is 12.2. The van der Waals surface area contributed by atoms with Gasteiger partial charge in [-0.25, -0.2) is 0 Å². The molecule has 0 spiro atoms. The number of hydrogen-bond acceptors (Lipinski definition) is 2. The van der Waals surface area contributed by atoms with Crippen LogP contribution in [0.25, 0.3) is 0 Å². The summed E-state index contributed by atoms with van der Waals surface area (Å²) < 4.78 is 24.4. The second-order valence-electron chi connectivity index (χ2n) is 4.06. The number of hydrogen-bond donors (Lipinski definition) is 0. The predicted octanol–water partition coefficient (Wildman–Crippen LogP) is 2.64. The van der Waals surface area contributed by atoms with Crippen LogP contribution in [0, 0.1) is 6.92 Å². The molecule has 1 saturated heterocycles. The third-order valence-corrected chi connectivity index (χ3v) is 3.79. The van der Waals surface area contributed by atoms with Crippen molar-refractivity contribution in [3.8, 4) is 0 Å². The summed E-state index contributed by atoms with van der Waals surface area (Å²) in [5.74, 6) is -0.804. The summed E-state index contributed by atoms with van der Waals surface area (Å²) in [5, 5.41) is 2.05. The van der Waals surface area contributed by atoms with Crippen LogP contribution in [0.1, 0.15) is 22.8 Å². The smallest absolute Gasteiger partial charge is 0.315 e. The molecule has 0 aliphatic carbocycles. The maximum Gasteiger partial charge on any atom is 0.315 e. The fourth-order valence-corrected chi connectivity index (χ4v) is 2.83. The molecule has 5 heteroatoms. The standard InChI is InChI=1S/C11H13F2NOS/c1-7-4-9(6-16-7)8-2-3-14(5-8)11(15)10(12)13/h4,6,8,10H,2-3,5H2,1H3/t8-/m1/s1. The maximum atomic E-state index is 12.2. The molecular weight excluding hydrogens is 232 g/mol. The minimum Gasteiger partial charge on any atom is -0.337 e. The van der Waals surface area contributed by atoms with E-state index in [0.29, 0.717) is 13.1 Å². The molecule has 88 valence electrons. The van der Waals surface area contributed by atoms with E-state index in [-0.39, 0.29) is 5.92 Å². The second kappa shape index (κ2) is 4.49. The highest BCUT2D eigenvalue weighted by molar-refractivity contribution is 7.10. The highest BCUT2D eigenvalue weighted by atomic mass is 32.1. The molecule has 1 amide bonds. The van der Waals surface area contributed by atoms with E-state index in [0.717, 1.165) is 6.42 Å². The molecule has 1 aromatic heterocycles. The molecule has 1 aromatic rings. The van der Waals surface area contributed by atoms with Crippen LogP contribution < -0.4 is 0 Å². The molecule has 0 aromatic carbocycles. The molecule has 0 bridgehead atoms. The molecule has 2 rings (SSSR count). The third-order valence-electron chi connectivity index (χ3n) is 2.91. The van der Waals surface area contributed by atoms with Crippen molar-refractivity contribution in [1.82, 2.24) is 4.90 Å². The van der Waals surface area contributed by atoms with E-state index in [1.807, 2.05) is 6.92 Å². The number of alkyl halides is 2. The van der Waals surface area contributed by atoms with E-state index in [2.05, 4.69) is 11.4 Å². The highest BCUT2D eigenvalue weighted by Crippen LogP contribution is 2.30. The van der Waals surface area contributed by atoms with Gasteiger partial charge in [0.15, 0.2) is 0 Å². The summed E-state index contributed by atoms with van der Waals surface area (Å²) in [5.41, 5.74) is 1.17. The number of aryl methyl sites for hydroxylation is 1. The average Bonchev–Trinajstić information content (AvgIpc) is 2.84. The Morgan fingerprint density at radius 1 is 1.62 bits per heavy atom. The number of halogens is 2. The van der Waals surface area contributed by atoms with E-state index in [1.54, 1.807) is 11.3 Å². The van der Waals surface area contributed by atoms with E-state index < -0.39 is 12.3 Å². The lowest BCUT2D eigenvalue weighted by molar-refractivity contribution is -0.141. The lowest BCUT2D eigenvalue weighted by Gasteiger charge is -2.15. The lowest BCUT2D eigenvalue weighted by Crippen LogP contribution is -2.33. The molecule has 1 aliphatic heterocycles. The Morgan fingerprint density at radius 2 is 2.38 bits per heavy atom. The first-order valence-electron chi connectivity index (χ1n) is 5.20. The molecule has 0 saturated carbocycles. The zero-order chi connectivity index (χ0) is 11.7. The molecule has 2 nitrogen and oxygen atoms in total. The van der Waals surface area contributed by atoms with Gasteiger partial charge in [-0.1, -0.05) is 0 Å². The van der Waals surface area contributed by atoms with Crippen LogP contribution in [0.3, 0.4) is 0 Å². The zero-order valence-electron chi connectivity index (χ0n) is 8.95. The molecule has 1 aliphatic rings. The van der Waals surface area contributed by atoms with Gasteiger partial charge >= 0.3 is 6.43 Å². The SMILES string of the molecule is Cc1cc([C@@H]2CCN(C(=O)C(F)F)C2)cs1. The minimum atomic E-state index is -2.87. The van der Waals surface area contributed by atoms with Gasteiger partial charge < -0.3 is 4.90 Å². The van der Waals surface area contributed by atoms with Crippen LogP contribution in [0.15, 0.2) is 11.4 Å². The molecule has 0 N–H and O–H groups in total. The number of likely N-dealkylation sites (tertiary alicyclic amines) is 1. The first-order chi connectivity index (χ1) is 7.58. The Bertz CT molecular complexity index is 391. The van der Waals surface area contributed by atoms with Crippen LogP contribution in [0.4, 0.5) is 8.78 Å². The number of rotatable bonds is 2. The Hall–Kier alpha value is -0.970. The molecular formula is C11H13F2NOS. The summed E-state index contributed by atoms with van der Waals surface area (Å²) in [6.45, 7) is 2.90. The number of nitrogens with zero attached hydrogens (tertiary/aromatic N) is 1. The normalized spacial score (nSPS) is 20.8. The van der Waals surface area contributed by atoms with E-state index in [9.17, 15) is 13.6 Å². The molecule has 0 radical (unpaired) electrons. The average molecular weight is 245 g/mol. The van der Waals surface area contributed by atoms with Crippen molar-refractivity contribution >= 4 is 17.2 Å². The van der Waals surface area contributed by atoms with E-state index >= 15 is 0 Å². The van der Waals surface area contributed by atoms with Crippen LogP contribution >= 0.6 is 11.3 Å². The van der Waals surface area contributed by atoms with Crippen LogP contribution in [-0.4, -0.2) is 30.3 Å². The van der Waals surface area contributed by atoms with Gasteiger partial charge in [0.25, 0.3) is 5.91 Å². The molecule has 0 unspecified atom stereocenters. The van der Waals surface area contributed by atoms with Crippen LogP contribution in [-0.2, 0) is 4.79 Å². The molecule has 2 heterocycles. The second-order valence-corrected chi connectivity index (χ2v) is 5.18. The third kappa shape index (κ3) is 2.24. The number of thiophene rings is 1. The Labute approximate surface area is 96.9 Å². The predicted molar refractivity (Wildman–Crippen MR) is 59.0 cm³/mol. The topological polar surface area (TPSA) is 20.3 Å². The van der Waals surface area contributed by atoms with Crippen molar-refractivity contribution in [3.05, 3.63) is 21.9 Å². The van der Waals surface area contributed by atoms with Gasteiger partial charge in [0, 0.05) is 23.9 Å². The quantitative estimate of drug-likeness (QED) is 0.784. The zero-order valence-corrected chi connectivity index (χ0v) is 9.77. The van der Waals surface area contributed by atoms with Gasteiger partial charge in [-0.3, -0.25) is 4.79 Å². The first kappa shape index (κ1) is 11.5. The van der Waals surface area contributed by atoms with Crippen molar-refractivity contribution in [3.63, 3.8) is 0 Å². The largest absolute Gasteiger partial charge is 0.337 e. The summed E-state index contributed by atoms with van der Waals surface area (Å²) in [6.07, 6.45) is -2.09. The number of carbonyl (C=O) groups is 1. The highest BCUT2D eigenvalue weighted by Gasteiger charge is 2.31. The van der Waals surface area contributed by atoms with Crippen molar-refractivity contribution in [2.75, 3.05) is 13.1 Å². The number of amides is 1. The van der Waals surface area contributed by atoms with Gasteiger partial charge in [-0.05, 0) is 30.4 Å². The van der Waals surface area contributed by atoms with Crippen molar-refractivity contribution < 1.29 is 13.6 Å². The van der Waals surface area contributed by atoms with Gasteiger partial charge in [-0.2, -0.15) is 8.78 Å². The molecule has 1 fully saturated rings. The van der Waals surface area contributed by atoms with Gasteiger partial charge in [-0.15, -0.1) is 11.3 Å². The number of carbonyl (C=O) groups excluding carboxylic acids is 1. The Morgan fingerprint density at radius 3 is 2.94 bits per heavy atom. The van der Waals surface area contributed by atoms with Crippen molar-refractivity contribution in [2.45, 2.75) is 25.7 Å². The minimum absolute atomic E-state index is 0.229. The summed E-state index contributed by atoms with van der Waals surface area (Å²) in [6, 6.07) is 2.08. The van der Waals surface area contributed by atoms with Crippen molar-refractivity contribution in [1.29, 1.82) is 0 Å². The van der Waals surface area contributed by atoms with E-state index in [4.69, 9.17) is 0 Å². The fourth-order valence-electron chi connectivity index (χ4n) is 2.05. The molecule has 16 heavy (non-hydrogen) atoms. The van der Waals surface area contributed by atoms with Crippen molar-refractivity contribution in [2.24, 2.45) is 0 Å². The lowest BCUT2D eigenvalue weighted by atomic mass is 10.0. The fraction of sp³-hybridized carbons (Fsp3) is 0.545. The first-order valence-corrected chi connectivity index (χ1v) is 6.08. The Kier molecular flexibility index (Phi) is 3.23. The van der Waals surface area contributed by atoms with Crippen LogP contribution in [0.2, 0.25) is 0 Å².